The molecule has 19 heavy (non-hydrogen) atoms. The van der Waals surface area contributed by atoms with Gasteiger partial charge in [-0.1, -0.05) is 30.4 Å². The minimum Gasteiger partial charge on any atom is -0.331 e. The Bertz CT molecular complexity index is 494. The van der Waals surface area contributed by atoms with Crippen molar-refractivity contribution >= 4 is 29.2 Å². The second-order valence-corrected chi connectivity index (χ2v) is 5.11. The van der Waals surface area contributed by atoms with E-state index in [9.17, 15) is 0 Å². The normalized spacial score (nSPS) is 18.5. The number of hydrogen-bond acceptors (Lipinski definition) is 2. The van der Waals surface area contributed by atoms with Crippen LogP contribution < -0.4 is 10.7 Å². The summed E-state index contributed by atoms with van der Waals surface area (Å²) in [7, 11) is 0. The molecule has 1 aromatic rings. The minimum absolute atomic E-state index is 0.525. The van der Waals surface area contributed by atoms with Crippen molar-refractivity contribution in [3.8, 4) is 0 Å². The van der Waals surface area contributed by atoms with Crippen molar-refractivity contribution in [2.24, 2.45) is 11.0 Å². The van der Waals surface area contributed by atoms with Crippen molar-refractivity contribution in [3.05, 3.63) is 42.0 Å². The number of hydrazone groups is 1. The molecule has 1 aliphatic rings. The van der Waals surface area contributed by atoms with Crippen LogP contribution in [0.1, 0.15) is 24.8 Å². The van der Waals surface area contributed by atoms with Crippen LogP contribution in [-0.2, 0) is 0 Å². The van der Waals surface area contributed by atoms with Crippen molar-refractivity contribution in [2.75, 3.05) is 5.32 Å². The lowest BCUT2D eigenvalue weighted by Gasteiger charge is -2.13. The van der Waals surface area contributed by atoms with E-state index in [0.717, 1.165) is 24.1 Å². The molecule has 1 aliphatic carbocycles. The van der Waals surface area contributed by atoms with E-state index in [1.165, 1.54) is 6.42 Å². The lowest BCUT2D eigenvalue weighted by Crippen LogP contribution is -2.24. The van der Waals surface area contributed by atoms with Crippen molar-refractivity contribution in [3.63, 3.8) is 0 Å². The van der Waals surface area contributed by atoms with E-state index in [4.69, 9.17) is 12.2 Å². The molecule has 100 valence electrons. The van der Waals surface area contributed by atoms with E-state index >= 15 is 0 Å². The van der Waals surface area contributed by atoms with Gasteiger partial charge in [0.2, 0.25) is 0 Å². The molecule has 3 nitrogen and oxygen atoms in total. The van der Waals surface area contributed by atoms with E-state index in [1.54, 1.807) is 0 Å². The quantitative estimate of drug-likeness (QED) is 0.382. The predicted octanol–water partition coefficient (Wildman–Crippen LogP) is 3.62. The first kappa shape index (κ1) is 13.7. The number of nitrogens with one attached hydrogen (secondary N) is 2. The molecule has 2 N–H and O–H groups in total. The number of thiocarbonyl (C=S) groups is 1. The van der Waals surface area contributed by atoms with Crippen LogP contribution in [0.5, 0.6) is 0 Å². The summed E-state index contributed by atoms with van der Waals surface area (Å²) in [6.45, 7) is 2.04. The van der Waals surface area contributed by atoms with Crippen LogP contribution in [-0.4, -0.2) is 11.3 Å². The summed E-state index contributed by atoms with van der Waals surface area (Å²) in [5.74, 6) is 0.527. The van der Waals surface area contributed by atoms with Crippen LogP contribution in [0.3, 0.4) is 0 Å². The van der Waals surface area contributed by atoms with Crippen molar-refractivity contribution in [1.29, 1.82) is 0 Å². The maximum atomic E-state index is 5.21. The van der Waals surface area contributed by atoms with Crippen LogP contribution in [0.4, 0.5) is 5.69 Å². The first-order valence-corrected chi connectivity index (χ1v) is 6.97. The summed E-state index contributed by atoms with van der Waals surface area (Å²) in [5, 5.41) is 7.87. The number of nitrogens with zero attached hydrogens (tertiary/aromatic N) is 1. The molecular formula is C15H19N3S. The van der Waals surface area contributed by atoms with Crippen LogP contribution >= 0.6 is 12.2 Å². The minimum atomic E-state index is 0.525. The summed E-state index contributed by atoms with van der Waals surface area (Å²) in [4.78, 5) is 0. The van der Waals surface area contributed by atoms with Gasteiger partial charge < -0.3 is 5.32 Å². The monoisotopic (exact) mass is 273 g/mol. The third kappa shape index (κ3) is 4.48. The zero-order valence-corrected chi connectivity index (χ0v) is 11.9. The van der Waals surface area contributed by atoms with Crippen LogP contribution in [0.25, 0.3) is 0 Å². The lowest BCUT2D eigenvalue weighted by molar-refractivity contribution is 0.624. The predicted molar refractivity (Wildman–Crippen MR) is 85.5 cm³/mol. The van der Waals surface area contributed by atoms with E-state index in [-0.39, 0.29) is 0 Å². The van der Waals surface area contributed by atoms with Gasteiger partial charge in [0.25, 0.3) is 0 Å². The van der Waals surface area contributed by atoms with E-state index < -0.39 is 0 Å². The Morgan fingerprint density at radius 2 is 2.21 bits per heavy atom. The van der Waals surface area contributed by atoms with Gasteiger partial charge in [-0.25, -0.2) is 0 Å². The fourth-order valence-corrected chi connectivity index (χ4v) is 2.18. The van der Waals surface area contributed by atoms with Crippen LogP contribution in [0.2, 0.25) is 0 Å². The number of allylic oxidation sites excluding steroid dienone is 2. The largest absolute Gasteiger partial charge is 0.331 e. The molecule has 1 aromatic carbocycles. The summed E-state index contributed by atoms with van der Waals surface area (Å²) < 4.78 is 0. The highest BCUT2D eigenvalue weighted by Gasteiger charge is 2.06. The van der Waals surface area contributed by atoms with Gasteiger partial charge in [-0.2, -0.15) is 5.10 Å². The van der Waals surface area contributed by atoms with Crippen molar-refractivity contribution in [1.82, 2.24) is 5.43 Å². The average molecular weight is 273 g/mol. The molecule has 0 aromatic heterocycles. The Morgan fingerprint density at radius 3 is 2.95 bits per heavy atom. The van der Waals surface area contributed by atoms with Crippen LogP contribution in [0, 0.1) is 12.8 Å². The van der Waals surface area contributed by atoms with Gasteiger partial charge >= 0.3 is 0 Å². The van der Waals surface area contributed by atoms with Crippen molar-refractivity contribution < 1.29 is 0 Å². The number of aryl methyl sites for hydroxylation is 1. The number of rotatable bonds is 3. The Balaban J connectivity index is 1.80. The molecule has 0 amide bonds. The Labute approximate surface area is 119 Å². The van der Waals surface area contributed by atoms with Gasteiger partial charge in [0, 0.05) is 11.9 Å². The first-order valence-electron chi connectivity index (χ1n) is 6.56. The molecule has 0 saturated carbocycles. The molecular weight excluding hydrogens is 254 g/mol. The Hall–Kier alpha value is -1.68. The van der Waals surface area contributed by atoms with Gasteiger partial charge in [-0.3, -0.25) is 5.43 Å². The fraction of sp³-hybridized carbons (Fsp3) is 0.333. The number of anilines is 1. The average Bonchev–Trinajstić information content (AvgIpc) is 2.43. The molecule has 0 saturated heterocycles. The number of para-hydroxylation sites is 1. The highest BCUT2D eigenvalue weighted by atomic mass is 32.1. The van der Waals surface area contributed by atoms with Gasteiger partial charge in [0.15, 0.2) is 5.11 Å². The zero-order chi connectivity index (χ0) is 13.5. The number of hydrogen-bond donors (Lipinski definition) is 2. The third-order valence-electron chi connectivity index (χ3n) is 3.15. The smallest absolute Gasteiger partial charge is 0.191 e. The van der Waals surface area contributed by atoms with Gasteiger partial charge in [0.05, 0.1) is 0 Å². The zero-order valence-electron chi connectivity index (χ0n) is 11.1. The number of benzene rings is 1. The SMILES string of the molecule is Cc1ccccc1NC(=S)N/N=C\[C@@H]1CC=CCC1. The fourth-order valence-electron chi connectivity index (χ4n) is 2.02. The molecule has 0 heterocycles. The highest BCUT2D eigenvalue weighted by molar-refractivity contribution is 7.80. The first-order chi connectivity index (χ1) is 9.25. The molecule has 0 aliphatic heterocycles. The Kier molecular flexibility index (Phi) is 5.10. The van der Waals surface area contributed by atoms with E-state index in [1.807, 2.05) is 37.4 Å². The van der Waals surface area contributed by atoms with Gasteiger partial charge in [0.1, 0.15) is 0 Å². The molecule has 0 unspecified atom stereocenters. The molecule has 0 radical (unpaired) electrons. The summed E-state index contributed by atoms with van der Waals surface area (Å²) >= 11 is 5.21. The van der Waals surface area contributed by atoms with E-state index in [0.29, 0.717) is 11.0 Å². The summed E-state index contributed by atoms with van der Waals surface area (Å²) in [6, 6.07) is 8.03. The summed E-state index contributed by atoms with van der Waals surface area (Å²) in [5.41, 5.74) is 5.04. The van der Waals surface area contributed by atoms with Gasteiger partial charge in [-0.05, 0) is 56.0 Å². The van der Waals surface area contributed by atoms with Gasteiger partial charge in [-0.15, -0.1) is 0 Å². The molecule has 1 atom stereocenters. The van der Waals surface area contributed by atoms with E-state index in [2.05, 4.69) is 28.0 Å². The molecule has 0 fully saturated rings. The topological polar surface area (TPSA) is 36.4 Å². The standard InChI is InChI=1S/C15H19N3S/c1-12-7-5-6-10-14(12)17-15(19)18-16-11-13-8-3-2-4-9-13/h2-3,5-7,10-11,13H,4,8-9H2,1H3,(H2,17,18,19)/b16-11-/t13-/m1/s1. The van der Waals surface area contributed by atoms with Crippen molar-refractivity contribution in [2.45, 2.75) is 26.2 Å². The Morgan fingerprint density at radius 1 is 1.37 bits per heavy atom. The lowest BCUT2D eigenvalue weighted by atomic mass is 9.96. The summed E-state index contributed by atoms with van der Waals surface area (Å²) in [6.07, 6.45) is 9.77. The highest BCUT2D eigenvalue weighted by Crippen LogP contribution is 2.15. The second-order valence-electron chi connectivity index (χ2n) is 4.70. The maximum Gasteiger partial charge on any atom is 0.191 e. The molecule has 0 spiro atoms. The maximum absolute atomic E-state index is 5.21. The second kappa shape index (κ2) is 7.04. The van der Waals surface area contributed by atoms with Crippen LogP contribution in [0.15, 0.2) is 41.5 Å². The molecule has 0 bridgehead atoms. The molecule has 4 heteroatoms. The molecule has 2 rings (SSSR count). The third-order valence-corrected chi connectivity index (χ3v) is 3.35.